The van der Waals surface area contributed by atoms with Crippen LogP contribution in [0.1, 0.15) is 23.5 Å². The lowest BCUT2D eigenvalue weighted by atomic mass is 10.2. The molecule has 0 aliphatic heterocycles. The Hall–Kier alpha value is -0.710. The first-order chi connectivity index (χ1) is 7.75. The van der Waals surface area contributed by atoms with E-state index in [2.05, 4.69) is 50.7 Å². The molecule has 4 heteroatoms. The standard InChI is InChI=1S/C12H13BrN2S/c1-9(11-5-3-7-16-11)14-8-10-4-2-6-12(13)15-10/h2-7,9,14H,8H2,1H3. The van der Waals surface area contributed by atoms with Crippen molar-refractivity contribution in [2.75, 3.05) is 0 Å². The molecule has 0 aromatic carbocycles. The number of rotatable bonds is 4. The molecule has 0 fully saturated rings. The number of hydrogen-bond acceptors (Lipinski definition) is 3. The second-order valence-electron chi connectivity index (χ2n) is 3.57. The lowest BCUT2D eigenvalue weighted by Gasteiger charge is -2.11. The largest absolute Gasteiger partial charge is 0.304 e. The quantitative estimate of drug-likeness (QED) is 0.869. The highest BCUT2D eigenvalue weighted by atomic mass is 79.9. The molecule has 0 amide bonds. The van der Waals surface area contributed by atoms with Crippen LogP contribution in [0.3, 0.4) is 0 Å². The van der Waals surface area contributed by atoms with Crippen molar-refractivity contribution in [2.45, 2.75) is 19.5 Å². The van der Waals surface area contributed by atoms with E-state index in [4.69, 9.17) is 0 Å². The van der Waals surface area contributed by atoms with E-state index in [1.54, 1.807) is 11.3 Å². The minimum Gasteiger partial charge on any atom is -0.304 e. The van der Waals surface area contributed by atoms with Crippen LogP contribution in [-0.4, -0.2) is 4.98 Å². The van der Waals surface area contributed by atoms with Crippen molar-refractivity contribution in [3.63, 3.8) is 0 Å². The summed E-state index contributed by atoms with van der Waals surface area (Å²) in [7, 11) is 0. The minimum atomic E-state index is 0.376. The molecule has 84 valence electrons. The van der Waals surface area contributed by atoms with Crippen LogP contribution >= 0.6 is 27.3 Å². The van der Waals surface area contributed by atoms with Crippen LogP contribution in [0.4, 0.5) is 0 Å². The first-order valence-electron chi connectivity index (χ1n) is 5.14. The summed E-state index contributed by atoms with van der Waals surface area (Å²) in [4.78, 5) is 5.74. The Labute approximate surface area is 108 Å². The summed E-state index contributed by atoms with van der Waals surface area (Å²) in [5, 5.41) is 5.56. The molecule has 0 aliphatic rings. The van der Waals surface area contributed by atoms with Gasteiger partial charge in [0, 0.05) is 17.5 Å². The van der Waals surface area contributed by atoms with E-state index < -0.39 is 0 Å². The molecule has 2 aromatic heterocycles. The predicted molar refractivity (Wildman–Crippen MR) is 71.5 cm³/mol. The molecular weight excluding hydrogens is 284 g/mol. The topological polar surface area (TPSA) is 24.9 Å². The van der Waals surface area contributed by atoms with E-state index >= 15 is 0 Å². The normalized spacial score (nSPS) is 12.6. The molecule has 1 unspecified atom stereocenters. The first-order valence-corrected chi connectivity index (χ1v) is 6.81. The van der Waals surface area contributed by atoms with Gasteiger partial charge in [0.2, 0.25) is 0 Å². The number of nitrogens with zero attached hydrogens (tertiary/aromatic N) is 1. The number of nitrogens with one attached hydrogen (secondary N) is 1. The molecule has 0 aliphatic carbocycles. The van der Waals surface area contributed by atoms with Crippen molar-refractivity contribution >= 4 is 27.3 Å². The Morgan fingerprint density at radius 1 is 1.38 bits per heavy atom. The summed E-state index contributed by atoms with van der Waals surface area (Å²) in [6.07, 6.45) is 0. The zero-order chi connectivity index (χ0) is 11.4. The highest BCUT2D eigenvalue weighted by Gasteiger charge is 2.05. The smallest absolute Gasteiger partial charge is 0.106 e. The van der Waals surface area contributed by atoms with E-state index in [0.717, 1.165) is 16.8 Å². The van der Waals surface area contributed by atoms with Crippen LogP contribution in [-0.2, 0) is 6.54 Å². The molecule has 1 atom stereocenters. The molecular formula is C12H13BrN2S. The van der Waals surface area contributed by atoms with Gasteiger partial charge in [0.15, 0.2) is 0 Å². The molecule has 1 N–H and O–H groups in total. The summed E-state index contributed by atoms with van der Waals surface area (Å²) in [6.45, 7) is 2.96. The molecule has 16 heavy (non-hydrogen) atoms. The number of thiophene rings is 1. The van der Waals surface area contributed by atoms with Crippen LogP contribution in [0.25, 0.3) is 0 Å². The van der Waals surface area contributed by atoms with Crippen LogP contribution < -0.4 is 5.32 Å². The molecule has 2 aromatic rings. The van der Waals surface area contributed by atoms with Crippen molar-refractivity contribution in [1.29, 1.82) is 0 Å². The third-order valence-corrected chi connectivity index (χ3v) is 3.83. The second kappa shape index (κ2) is 5.57. The Morgan fingerprint density at radius 3 is 2.94 bits per heavy atom. The summed E-state index contributed by atoms with van der Waals surface area (Å²) >= 11 is 5.15. The fraction of sp³-hybridized carbons (Fsp3) is 0.250. The number of hydrogen-bond donors (Lipinski definition) is 1. The zero-order valence-electron chi connectivity index (χ0n) is 8.98. The first kappa shape index (κ1) is 11.8. The molecule has 0 radical (unpaired) electrons. The van der Waals surface area contributed by atoms with E-state index in [-0.39, 0.29) is 0 Å². The lowest BCUT2D eigenvalue weighted by Crippen LogP contribution is -2.17. The second-order valence-corrected chi connectivity index (χ2v) is 5.36. The highest BCUT2D eigenvalue weighted by molar-refractivity contribution is 9.10. The maximum atomic E-state index is 4.38. The van der Waals surface area contributed by atoms with Crippen molar-refractivity contribution in [3.8, 4) is 0 Å². The van der Waals surface area contributed by atoms with Crippen molar-refractivity contribution < 1.29 is 0 Å². The Balaban J connectivity index is 1.92. The Morgan fingerprint density at radius 2 is 2.25 bits per heavy atom. The van der Waals surface area contributed by atoms with Gasteiger partial charge in [0.05, 0.1) is 5.69 Å². The Bertz CT molecular complexity index is 442. The average Bonchev–Trinajstić information content (AvgIpc) is 2.79. The van der Waals surface area contributed by atoms with Crippen LogP contribution in [0.5, 0.6) is 0 Å². The monoisotopic (exact) mass is 296 g/mol. The summed E-state index contributed by atoms with van der Waals surface area (Å²) in [6, 6.07) is 10.6. The molecule has 2 nitrogen and oxygen atoms in total. The van der Waals surface area contributed by atoms with Gasteiger partial charge in [-0.2, -0.15) is 0 Å². The molecule has 2 rings (SSSR count). The van der Waals surface area contributed by atoms with Gasteiger partial charge in [-0.1, -0.05) is 12.1 Å². The van der Waals surface area contributed by atoms with E-state index in [1.807, 2.05) is 18.2 Å². The van der Waals surface area contributed by atoms with Crippen molar-refractivity contribution in [3.05, 3.63) is 50.9 Å². The highest BCUT2D eigenvalue weighted by Crippen LogP contribution is 2.18. The van der Waals surface area contributed by atoms with Gasteiger partial charge >= 0.3 is 0 Å². The van der Waals surface area contributed by atoms with E-state index in [0.29, 0.717) is 6.04 Å². The molecule has 0 saturated heterocycles. The van der Waals surface area contributed by atoms with Crippen LogP contribution in [0.2, 0.25) is 0 Å². The van der Waals surface area contributed by atoms with Crippen LogP contribution in [0, 0.1) is 0 Å². The molecule has 2 heterocycles. The Kier molecular flexibility index (Phi) is 4.09. The van der Waals surface area contributed by atoms with Crippen molar-refractivity contribution in [2.24, 2.45) is 0 Å². The van der Waals surface area contributed by atoms with Gasteiger partial charge in [-0.15, -0.1) is 11.3 Å². The van der Waals surface area contributed by atoms with Crippen molar-refractivity contribution in [1.82, 2.24) is 10.3 Å². The average molecular weight is 297 g/mol. The summed E-state index contributed by atoms with van der Waals surface area (Å²) in [5.74, 6) is 0. The molecule has 0 saturated carbocycles. The number of pyridine rings is 1. The zero-order valence-corrected chi connectivity index (χ0v) is 11.4. The van der Waals surface area contributed by atoms with Gasteiger partial charge in [-0.05, 0) is 46.4 Å². The lowest BCUT2D eigenvalue weighted by molar-refractivity contribution is 0.575. The van der Waals surface area contributed by atoms with Gasteiger partial charge in [-0.25, -0.2) is 4.98 Å². The maximum absolute atomic E-state index is 4.38. The third-order valence-electron chi connectivity index (χ3n) is 2.33. The summed E-state index contributed by atoms with van der Waals surface area (Å²) in [5.41, 5.74) is 1.05. The van der Waals surface area contributed by atoms with Gasteiger partial charge in [0.1, 0.15) is 4.60 Å². The van der Waals surface area contributed by atoms with Gasteiger partial charge in [0.25, 0.3) is 0 Å². The van der Waals surface area contributed by atoms with Gasteiger partial charge < -0.3 is 5.32 Å². The minimum absolute atomic E-state index is 0.376. The predicted octanol–water partition coefficient (Wildman–Crippen LogP) is 3.76. The number of halogens is 1. The maximum Gasteiger partial charge on any atom is 0.106 e. The van der Waals surface area contributed by atoms with Gasteiger partial charge in [-0.3, -0.25) is 0 Å². The SMILES string of the molecule is CC(NCc1cccc(Br)n1)c1cccs1. The third kappa shape index (κ3) is 3.14. The molecule has 0 spiro atoms. The fourth-order valence-electron chi connectivity index (χ4n) is 1.44. The summed E-state index contributed by atoms with van der Waals surface area (Å²) < 4.78 is 0.885. The number of aromatic nitrogens is 1. The molecule has 0 bridgehead atoms. The van der Waals surface area contributed by atoms with E-state index in [1.165, 1.54) is 4.88 Å². The van der Waals surface area contributed by atoms with Crippen LogP contribution in [0.15, 0.2) is 40.3 Å². The van der Waals surface area contributed by atoms with E-state index in [9.17, 15) is 0 Å². The fourth-order valence-corrected chi connectivity index (χ4v) is 2.58.